The van der Waals surface area contributed by atoms with E-state index in [0.29, 0.717) is 0 Å². The lowest BCUT2D eigenvalue weighted by Crippen LogP contribution is -2.81. The van der Waals surface area contributed by atoms with Crippen molar-refractivity contribution in [1.29, 1.82) is 0 Å². The maximum absolute atomic E-state index is 15.3. The molecule has 17 heteroatoms. The maximum atomic E-state index is 15.3. The molecule has 0 aromatic heterocycles. The van der Waals surface area contributed by atoms with Gasteiger partial charge in [0.15, 0.2) is 58.6 Å². The van der Waals surface area contributed by atoms with Gasteiger partial charge in [0.25, 0.3) is 0 Å². The minimum absolute atomic E-state index is 0.148. The lowest BCUT2D eigenvalue weighted by Gasteiger charge is -2.51. The van der Waals surface area contributed by atoms with Crippen LogP contribution in [0.25, 0.3) is 0 Å². The van der Waals surface area contributed by atoms with Crippen molar-refractivity contribution < 1.29 is 65.9 Å². The molecule has 0 aliphatic carbocycles. The summed E-state index contributed by atoms with van der Waals surface area (Å²) in [6, 6.07) is 0. The molecule has 0 spiro atoms. The van der Waals surface area contributed by atoms with Gasteiger partial charge in [0.05, 0.1) is 0 Å². The highest BCUT2D eigenvalue weighted by atomic mass is 19.2. The number of hydrogen-bond donors (Lipinski definition) is 0. The van der Waals surface area contributed by atoms with Gasteiger partial charge in [-0.1, -0.05) is 0 Å². The van der Waals surface area contributed by atoms with E-state index >= 15 is 26.3 Å². The normalized spacial score (nSPS) is 14.5. The summed E-state index contributed by atoms with van der Waals surface area (Å²) in [5, 5.41) is 0. The van der Waals surface area contributed by atoms with Crippen molar-refractivity contribution in [1.82, 2.24) is 4.81 Å². The molecule has 3 aromatic rings. The van der Waals surface area contributed by atoms with Crippen LogP contribution >= 0.6 is 0 Å². The Morgan fingerprint density at radius 3 is 0.692 bits per heavy atom. The molecule has 1 saturated heterocycles. The van der Waals surface area contributed by atoms with Crippen molar-refractivity contribution in [2.75, 3.05) is 13.1 Å². The first-order valence-electron chi connectivity index (χ1n) is 10.6. The predicted octanol–water partition coefficient (Wildman–Crippen LogP) is 4.84. The zero-order chi connectivity index (χ0) is 29.3. The van der Waals surface area contributed by atoms with Crippen LogP contribution in [0.5, 0.6) is 0 Å². The number of rotatable bonds is 4. The highest BCUT2D eigenvalue weighted by Crippen LogP contribution is 2.31. The van der Waals surface area contributed by atoms with E-state index in [1.165, 1.54) is 0 Å². The molecule has 1 heterocycles. The molecule has 0 bridgehead atoms. The van der Waals surface area contributed by atoms with Gasteiger partial charge >= 0.3 is 0 Å². The van der Waals surface area contributed by atoms with Crippen LogP contribution < -0.4 is 16.4 Å². The summed E-state index contributed by atoms with van der Waals surface area (Å²) in [6.07, 6.45) is -6.08. The fourth-order valence-electron chi connectivity index (χ4n) is 5.08. The molecule has 0 N–H and O–H groups in total. The van der Waals surface area contributed by atoms with Gasteiger partial charge in [-0.25, -0.2) is 65.9 Å². The molecular weight excluding hydrogens is 574 g/mol. The molecule has 0 amide bonds. The van der Waals surface area contributed by atoms with Gasteiger partial charge in [0.1, 0.15) is 34.9 Å². The molecule has 39 heavy (non-hydrogen) atoms. The van der Waals surface area contributed by atoms with Crippen LogP contribution in [-0.2, 0) is 0 Å². The lowest BCUT2D eigenvalue weighted by atomic mass is 9.22. The van der Waals surface area contributed by atoms with Crippen molar-refractivity contribution >= 4 is 22.7 Å². The minimum atomic E-state index is -5.59. The highest BCUT2D eigenvalue weighted by molar-refractivity contribution is 7.09. The molecule has 0 saturated carbocycles. The Morgan fingerprint density at radius 1 is 0.308 bits per heavy atom. The van der Waals surface area contributed by atoms with Crippen LogP contribution in [0, 0.1) is 87.3 Å². The molecule has 210 valence electrons. The first-order valence-corrected chi connectivity index (χ1v) is 10.6. The van der Waals surface area contributed by atoms with Crippen LogP contribution in [0.15, 0.2) is 0 Å². The second-order valence-corrected chi connectivity index (χ2v) is 8.51. The average molecular weight is 582 g/mol. The molecule has 1 fully saturated rings. The molecule has 0 unspecified atom stereocenters. The van der Waals surface area contributed by atoms with Gasteiger partial charge in [0, 0.05) is 0 Å². The largest absolute Gasteiger partial charge is 0.462 e. The lowest BCUT2D eigenvalue weighted by molar-refractivity contribution is 0.375. The zero-order valence-corrected chi connectivity index (χ0v) is 18.5. The monoisotopic (exact) mass is 582 g/mol. The van der Waals surface area contributed by atoms with E-state index in [-0.39, 0.29) is 17.7 Å². The summed E-state index contributed by atoms with van der Waals surface area (Å²) < 4.78 is 219. The smallest absolute Gasteiger partial charge is 0.200 e. The van der Waals surface area contributed by atoms with E-state index < -0.39 is 123 Å². The van der Waals surface area contributed by atoms with E-state index in [0.717, 1.165) is 0 Å². The van der Waals surface area contributed by atoms with Gasteiger partial charge in [-0.3, -0.25) is 0 Å². The van der Waals surface area contributed by atoms with Crippen molar-refractivity contribution in [2.45, 2.75) is 12.8 Å². The Morgan fingerprint density at radius 2 is 0.487 bits per heavy atom. The van der Waals surface area contributed by atoms with Gasteiger partial charge in [-0.05, 0) is 25.9 Å². The highest BCUT2D eigenvalue weighted by Gasteiger charge is 2.51. The zero-order valence-electron chi connectivity index (χ0n) is 18.5. The Labute approximate surface area is 207 Å². The molecule has 1 nitrogen and oxygen atoms in total. The fourth-order valence-corrected chi connectivity index (χ4v) is 5.08. The second kappa shape index (κ2) is 9.68. The Bertz CT molecular complexity index is 1280. The number of benzene rings is 3. The van der Waals surface area contributed by atoms with E-state index in [9.17, 15) is 39.5 Å². The number of hydrogen-bond acceptors (Lipinski definition) is 1. The maximum Gasteiger partial charge on any atom is 0.200 e. The van der Waals surface area contributed by atoms with E-state index in [1.54, 1.807) is 0 Å². The summed E-state index contributed by atoms with van der Waals surface area (Å²) >= 11 is 0. The van der Waals surface area contributed by atoms with Crippen molar-refractivity contribution in [2.24, 2.45) is 0 Å². The molecule has 0 atom stereocenters. The molecule has 4 rings (SSSR count). The van der Waals surface area contributed by atoms with Gasteiger partial charge in [-0.15, -0.1) is 16.4 Å². The summed E-state index contributed by atoms with van der Waals surface area (Å²) in [5.41, 5.74) is -7.79. The van der Waals surface area contributed by atoms with Gasteiger partial charge in [0.2, 0.25) is 0 Å². The molecular formula is C22H8BF15N-. The SMILES string of the molecule is Fc1c(F)c(F)c([B-](c2c(F)c(F)c(F)c(F)c2F)(c2c(F)c(F)c(F)c(F)c2F)N2CCCC2)c(F)c1F. The third-order valence-corrected chi connectivity index (χ3v) is 6.67. The number of nitrogens with zero attached hydrogens (tertiary/aromatic N) is 1. The topological polar surface area (TPSA) is 3.24 Å². The molecule has 1 aliphatic rings. The Kier molecular flexibility index (Phi) is 7.11. The predicted molar refractivity (Wildman–Crippen MR) is 104 cm³/mol. The summed E-state index contributed by atoms with van der Waals surface area (Å²) in [6.45, 7) is -1.73. The fraction of sp³-hybridized carbons (Fsp3) is 0.182. The van der Waals surface area contributed by atoms with Gasteiger partial charge in [-0.2, -0.15) is 0 Å². The van der Waals surface area contributed by atoms with Gasteiger partial charge < -0.3 is 4.81 Å². The van der Waals surface area contributed by atoms with Crippen LogP contribution in [0.3, 0.4) is 0 Å². The molecule has 0 radical (unpaired) electrons. The first kappa shape index (κ1) is 28.6. The van der Waals surface area contributed by atoms with E-state index in [4.69, 9.17) is 0 Å². The Hall–Kier alpha value is -3.37. The third kappa shape index (κ3) is 3.72. The second-order valence-electron chi connectivity index (χ2n) is 8.51. The summed E-state index contributed by atoms with van der Waals surface area (Å²) in [7, 11) is 0. The van der Waals surface area contributed by atoms with Crippen LogP contribution in [0.4, 0.5) is 65.9 Å². The standard InChI is InChI=1S/C22H8BF15N/c24-8-5(9(25)15(31)20(36)14(8)30)23(39-3-1-2-4-39,6-10(26)16(32)21(37)17(33)11(6)27)7-12(28)18(34)22(38)19(35)13(7)29/h1-4H2/q-1. The summed E-state index contributed by atoms with van der Waals surface area (Å²) in [5.74, 6) is -44.8. The molecule has 1 aliphatic heterocycles. The third-order valence-electron chi connectivity index (χ3n) is 6.67. The first-order chi connectivity index (χ1) is 18.1. The molecule has 3 aromatic carbocycles. The van der Waals surface area contributed by atoms with E-state index in [2.05, 4.69) is 0 Å². The summed E-state index contributed by atoms with van der Waals surface area (Å²) in [4.78, 5) is 0.148. The van der Waals surface area contributed by atoms with E-state index in [1.807, 2.05) is 0 Å². The van der Waals surface area contributed by atoms with Crippen LogP contribution in [0.2, 0.25) is 0 Å². The van der Waals surface area contributed by atoms with Crippen molar-refractivity contribution in [3.05, 3.63) is 87.3 Å². The van der Waals surface area contributed by atoms with Crippen molar-refractivity contribution in [3.8, 4) is 0 Å². The van der Waals surface area contributed by atoms with Crippen LogP contribution in [0.1, 0.15) is 12.8 Å². The minimum Gasteiger partial charge on any atom is -0.462 e. The number of halogens is 15. The quantitative estimate of drug-likeness (QED) is 0.185. The van der Waals surface area contributed by atoms with Crippen molar-refractivity contribution in [3.63, 3.8) is 0 Å². The van der Waals surface area contributed by atoms with Crippen LogP contribution in [-0.4, -0.2) is 24.2 Å². The average Bonchev–Trinajstić information content (AvgIpc) is 3.46. The Balaban J connectivity index is 2.47.